The Bertz CT molecular complexity index is 490. The van der Waals surface area contributed by atoms with E-state index in [4.69, 9.17) is 26.8 Å². The predicted octanol–water partition coefficient (Wildman–Crippen LogP) is 3.52. The molecule has 0 bridgehead atoms. The van der Waals surface area contributed by atoms with E-state index < -0.39 is 0 Å². The Hall–Kier alpha value is -0.930. The van der Waals surface area contributed by atoms with Gasteiger partial charge in [-0.25, -0.2) is 0 Å². The first-order valence-electron chi connectivity index (χ1n) is 7.39. The number of ether oxygens (including phenoxy) is 2. The van der Waals surface area contributed by atoms with Gasteiger partial charge in [0.1, 0.15) is 0 Å². The molecule has 0 spiro atoms. The van der Waals surface area contributed by atoms with Gasteiger partial charge in [0, 0.05) is 23.0 Å². The van der Waals surface area contributed by atoms with Crippen LogP contribution >= 0.6 is 11.6 Å². The minimum atomic E-state index is 0.0411. The van der Waals surface area contributed by atoms with Crippen molar-refractivity contribution in [1.29, 1.82) is 0 Å². The van der Waals surface area contributed by atoms with E-state index in [2.05, 4.69) is 0 Å². The predicted molar refractivity (Wildman–Crippen MR) is 80.8 cm³/mol. The van der Waals surface area contributed by atoms with Crippen molar-refractivity contribution in [3.63, 3.8) is 0 Å². The van der Waals surface area contributed by atoms with Crippen molar-refractivity contribution < 1.29 is 9.47 Å². The summed E-state index contributed by atoms with van der Waals surface area (Å²) in [4.78, 5) is 0. The fourth-order valence-corrected chi connectivity index (χ4v) is 3.25. The Balaban J connectivity index is 1.88. The van der Waals surface area contributed by atoms with Gasteiger partial charge in [0.05, 0.1) is 13.7 Å². The normalized spacial score (nSPS) is 20.4. The van der Waals surface area contributed by atoms with Gasteiger partial charge in [-0.15, -0.1) is 0 Å². The van der Waals surface area contributed by atoms with Crippen LogP contribution in [0.25, 0.3) is 0 Å². The van der Waals surface area contributed by atoms with Crippen molar-refractivity contribution in [2.24, 2.45) is 11.7 Å². The Kier molecular flexibility index (Phi) is 3.83. The molecular weight excluding hydrogens is 274 g/mol. The van der Waals surface area contributed by atoms with Gasteiger partial charge >= 0.3 is 0 Å². The number of halogens is 1. The lowest BCUT2D eigenvalue weighted by Crippen LogP contribution is -2.41. The Morgan fingerprint density at radius 2 is 2.05 bits per heavy atom. The van der Waals surface area contributed by atoms with Crippen LogP contribution in [0.15, 0.2) is 12.1 Å². The van der Waals surface area contributed by atoms with Gasteiger partial charge in [-0.3, -0.25) is 0 Å². The average Bonchev–Trinajstić information content (AvgIpc) is 3.21. The number of benzene rings is 1. The summed E-state index contributed by atoms with van der Waals surface area (Å²) in [5, 5.41) is 0.752. The Morgan fingerprint density at radius 1 is 1.30 bits per heavy atom. The van der Waals surface area contributed by atoms with Crippen molar-refractivity contribution in [2.75, 3.05) is 20.3 Å². The summed E-state index contributed by atoms with van der Waals surface area (Å²) in [6.07, 6.45) is 5.97. The highest BCUT2D eigenvalue weighted by Gasteiger charge is 2.39. The Labute approximate surface area is 125 Å². The molecule has 2 aliphatic carbocycles. The summed E-state index contributed by atoms with van der Waals surface area (Å²) >= 11 is 6.47. The maximum atomic E-state index is 6.47. The maximum Gasteiger partial charge on any atom is 0.162 e. The van der Waals surface area contributed by atoms with E-state index in [1.165, 1.54) is 19.3 Å². The second kappa shape index (κ2) is 5.45. The molecule has 4 heteroatoms. The van der Waals surface area contributed by atoms with Gasteiger partial charge < -0.3 is 15.2 Å². The van der Waals surface area contributed by atoms with Crippen molar-refractivity contribution >= 4 is 11.6 Å². The van der Waals surface area contributed by atoms with E-state index in [1.807, 2.05) is 12.1 Å². The molecule has 0 aromatic heterocycles. The van der Waals surface area contributed by atoms with Gasteiger partial charge in [0.25, 0.3) is 0 Å². The summed E-state index contributed by atoms with van der Waals surface area (Å²) in [6.45, 7) is 1.40. The zero-order valence-corrected chi connectivity index (χ0v) is 12.7. The second-order valence-corrected chi connectivity index (χ2v) is 6.48. The van der Waals surface area contributed by atoms with E-state index in [0.29, 0.717) is 12.5 Å². The zero-order chi connectivity index (χ0) is 14.2. The van der Waals surface area contributed by atoms with Crippen LogP contribution in [-0.4, -0.2) is 20.3 Å². The van der Waals surface area contributed by atoms with Crippen LogP contribution in [0.5, 0.6) is 11.5 Å². The van der Waals surface area contributed by atoms with Crippen LogP contribution in [0.3, 0.4) is 0 Å². The summed E-state index contributed by atoms with van der Waals surface area (Å²) in [6, 6.07) is 3.92. The summed E-state index contributed by atoms with van der Waals surface area (Å²) in [5.74, 6) is 2.23. The van der Waals surface area contributed by atoms with Crippen LogP contribution in [-0.2, 0) is 5.41 Å². The van der Waals surface area contributed by atoms with Crippen molar-refractivity contribution in [3.8, 4) is 11.5 Å². The fraction of sp³-hybridized carbons (Fsp3) is 0.625. The first-order valence-corrected chi connectivity index (χ1v) is 7.77. The van der Waals surface area contributed by atoms with Crippen LogP contribution in [0.1, 0.15) is 37.7 Å². The molecule has 2 aliphatic rings. The average molecular weight is 296 g/mol. The molecule has 2 N–H and O–H groups in total. The van der Waals surface area contributed by atoms with Gasteiger partial charge in [0.15, 0.2) is 11.5 Å². The third-order valence-corrected chi connectivity index (χ3v) is 5.01. The lowest BCUT2D eigenvalue weighted by Gasteiger charge is -2.42. The van der Waals surface area contributed by atoms with Crippen LogP contribution in [0.4, 0.5) is 0 Å². The number of methoxy groups -OCH3 is 1. The highest BCUT2D eigenvalue weighted by molar-refractivity contribution is 6.31. The summed E-state index contributed by atoms with van der Waals surface area (Å²) < 4.78 is 11.3. The number of rotatable bonds is 6. The molecule has 0 atom stereocenters. The molecule has 1 aromatic carbocycles. The topological polar surface area (TPSA) is 44.5 Å². The van der Waals surface area contributed by atoms with Crippen molar-refractivity contribution in [1.82, 2.24) is 0 Å². The van der Waals surface area contributed by atoms with Gasteiger partial charge in [-0.2, -0.15) is 0 Å². The van der Waals surface area contributed by atoms with Gasteiger partial charge in [-0.05, 0) is 43.2 Å². The first kappa shape index (κ1) is 14.0. The third-order valence-electron chi connectivity index (χ3n) is 4.70. The lowest BCUT2D eigenvalue weighted by molar-refractivity contribution is 0.249. The molecule has 2 saturated carbocycles. The first-order chi connectivity index (χ1) is 9.68. The SMILES string of the molecule is COc1cc(C2(CN)CCC2)c(Cl)cc1OCC1CC1. The van der Waals surface area contributed by atoms with Crippen molar-refractivity contribution in [2.45, 2.75) is 37.5 Å². The molecule has 0 unspecified atom stereocenters. The minimum absolute atomic E-state index is 0.0411. The second-order valence-electron chi connectivity index (χ2n) is 6.08. The molecule has 3 nitrogen and oxygen atoms in total. The van der Waals surface area contributed by atoms with Crippen LogP contribution < -0.4 is 15.2 Å². The van der Waals surface area contributed by atoms with Gasteiger partial charge in [0.2, 0.25) is 0 Å². The molecule has 0 heterocycles. The number of hydrogen-bond donors (Lipinski definition) is 1. The molecular formula is C16H22ClNO2. The van der Waals surface area contributed by atoms with Crippen LogP contribution in [0.2, 0.25) is 5.02 Å². The molecule has 1 aromatic rings. The zero-order valence-electron chi connectivity index (χ0n) is 12.0. The third kappa shape index (κ3) is 2.49. The summed E-state index contributed by atoms with van der Waals surface area (Å²) in [7, 11) is 1.67. The van der Waals surface area contributed by atoms with E-state index in [9.17, 15) is 0 Å². The summed E-state index contributed by atoms with van der Waals surface area (Å²) in [5.41, 5.74) is 7.13. The lowest BCUT2D eigenvalue weighted by atomic mass is 9.64. The molecule has 110 valence electrons. The minimum Gasteiger partial charge on any atom is -0.493 e. The highest BCUT2D eigenvalue weighted by Crippen LogP contribution is 2.48. The molecule has 0 aliphatic heterocycles. The fourth-order valence-electron chi connectivity index (χ4n) is 2.89. The van der Waals surface area contributed by atoms with E-state index in [0.717, 1.165) is 41.5 Å². The van der Waals surface area contributed by atoms with E-state index >= 15 is 0 Å². The van der Waals surface area contributed by atoms with E-state index in [1.54, 1.807) is 7.11 Å². The van der Waals surface area contributed by atoms with Gasteiger partial charge in [-0.1, -0.05) is 18.0 Å². The molecule has 0 saturated heterocycles. The monoisotopic (exact) mass is 295 g/mol. The molecule has 2 fully saturated rings. The van der Waals surface area contributed by atoms with Crippen LogP contribution in [0, 0.1) is 5.92 Å². The smallest absolute Gasteiger partial charge is 0.162 e. The molecule has 3 rings (SSSR count). The largest absolute Gasteiger partial charge is 0.493 e. The quantitative estimate of drug-likeness (QED) is 0.873. The highest BCUT2D eigenvalue weighted by atomic mass is 35.5. The number of nitrogens with two attached hydrogens (primary N) is 1. The molecule has 0 radical (unpaired) electrons. The molecule has 20 heavy (non-hydrogen) atoms. The molecule has 0 amide bonds. The standard InChI is InChI=1S/C16H22ClNO2/c1-19-14-7-12(16(10-18)5-2-6-16)13(17)8-15(14)20-9-11-3-4-11/h7-8,11H,2-6,9-10,18H2,1H3. The van der Waals surface area contributed by atoms with Crippen molar-refractivity contribution in [3.05, 3.63) is 22.7 Å². The maximum absolute atomic E-state index is 6.47. The number of hydrogen-bond acceptors (Lipinski definition) is 3. The van der Waals surface area contributed by atoms with E-state index in [-0.39, 0.29) is 5.41 Å². The Morgan fingerprint density at radius 3 is 2.55 bits per heavy atom.